The summed E-state index contributed by atoms with van der Waals surface area (Å²) in [5.74, 6) is 0.0116. The highest BCUT2D eigenvalue weighted by atomic mass is 32.2. The molecule has 6 heteroatoms. The number of rotatable bonds is 4. The lowest BCUT2D eigenvalue weighted by Gasteiger charge is -2.32. The molecule has 2 rings (SSSR count). The van der Waals surface area contributed by atoms with Gasteiger partial charge in [-0.25, -0.2) is 8.42 Å². The Morgan fingerprint density at radius 2 is 1.95 bits per heavy atom. The number of hydrogen-bond donors (Lipinski definition) is 1. The molecule has 1 N–H and O–H groups in total. The molecule has 22 heavy (non-hydrogen) atoms. The van der Waals surface area contributed by atoms with Crippen LogP contribution in [-0.4, -0.2) is 45.4 Å². The lowest BCUT2D eigenvalue weighted by atomic mass is 10.2. The summed E-state index contributed by atoms with van der Waals surface area (Å²) in [5, 5.41) is 8.88. The van der Waals surface area contributed by atoms with E-state index >= 15 is 0 Å². The molecule has 0 spiro atoms. The third-order valence-corrected chi connectivity index (χ3v) is 6.25. The largest absolute Gasteiger partial charge is 0.332 e. The average Bonchev–Trinajstić information content (AvgIpc) is 2.47. The fraction of sp³-hybridized carbons (Fsp3) is 0.562. The highest BCUT2D eigenvalue weighted by Crippen LogP contribution is 2.20. The molecule has 0 aromatic heterocycles. The van der Waals surface area contributed by atoms with Crippen molar-refractivity contribution in [2.75, 3.05) is 32.7 Å². The van der Waals surface area contributed by atoms with Crippen molar-refractivity contribution in [2.45, 2.75) is 25.7 Å². The molecule has 1 aliphatic heterocycles. The van der Waals surface area contributed by atoms with Gasteiger partial charge in [0.2, 0.25) is 10.0 Å². The SMILES string of the molecule is Cc1ccc(S(=O)(=O)N2CC[NH+](C[C@H](C)C#N)CC2)c(C)c1. The molecule has 0 amide bonds. The second-order valence-corrected chi connectivity index (χ2v) is 8.06. The number of quaternary nitrogens is 1. The zero-order valence-corrected chi connectivity index (χ0v) is 14.3. The van der Waals surface area contributed by atoms with Gasteiger partial charge in [0.25, 0.3) is 0 Å². The first-order valence-corrected chi connectivity index (χ1v) is 9.09. The van der Waals surface area contributed by atoms with E-state index in [2.05, 4.69) is 6.07 Å². The van der Waals surface area contributed by atoms with Crippen LogP contribution in [0.15, 0.2) is 23.1 Å². The van der Waals surface area contributed by atoms with Gasteiger partial charge in [-0.15, -0.1) is 0 Å². The van der Waals surface area contributed by atoms with Gasteiger partial charge in [0, 0.05) is 0 Å². The molecule has 0 saturated carbocycles. The number of nitrogens with zero attached hydrogens (tertiary/aromatic N) is 2. The Morgan fingerprint density at radius 3 is 2.50 bits per heavy atom. The van der Waals surface area contributed by atoms with Gasteiger partial charge in [0.15, 0.2) is 0 Å². The Labute approximate surface area is 133 Å². The maximum Gasteiger partial charge on any atom is 0.243 e. The maximum atomic E-state index is 12.8. The molecule has 5 nitrogen and oxygen atoms in total. The zero-order valence-electron chi connectivity index (χ0n) is 13.5. The molecule has 1 saturated heterocycles. The predicted octanol–water partition coefficient (Wildman–Crippen LogP) is 0.352. The summed E-state index contributed by atoms with van der Waals surface area (Å²) in [4.78, 5) is 1.72. The zero-order chi connectivity index (χ0) is 16.3. The van der Waals surface area contributed by atoms with Crippen LogP contribution in [0, 0.1) is 31.1 Å². The van der Waals surface area contributed by atoms with Crippen LogP contribution in [0.4, 0.5) is 0 Å². The Bertz CT molecular complexity index is 671. The van der Waals surface area contributed by atoms with E-state index in [0.717, 1.165) is 30.8 Å². The normalized spacial score (nSPS) is 18.8. The molecule has 120 valence electrons. The molecular weight excluding hydrogens is 298 g/mol. The maximum absolute atomic E-state index is 12.8. The van der Waals surface area contributed by atoms with Crippen molar-refractivity contribution < 1.29 is 13.3 Å². The number of nitriles is 1. The minimum Gasteiger partial charge on any atom is -0.332 e. The number of benzene rings is 1. The molecule has 1 heterocycles. The van der Waals surface area contributed by atoms with Crippen LogP contribution in [-0.2, 0) is 10.0 Å². The summed E-state index contributed by atoms with van der Waals surface area (Å²) in [6.07, 6.45) is 0. The molecule has 1 fully saturated rings. The second-order valence-electron chi connectivity index (χ2n) is 6.16. The third-order valence-electron chi connectivity index (χ3n) is 4.19. The first-order valence-electron chi connectivity index (χ1n) is 7.65. The standard InChI is InChI=1S/C16H23N3O2S/c1-13-4-5-16(15(3)10-13)22(20,21)19-8-6-18(7-9-19)12-14(2)11-17/h4-5,10,14H,6-9,12H2,1-3H3/p+1/t14-/m1/s1. The van der Waals surface area contributed by atoms with Crippen LogP contribution in [0.5, 0.6) is 0 Å². The van der Waals surface area contributed by atoms with E-state index in [1.807, 2.05) is 32.9 Å². The monoisotopic (exact) mass is 322 g/mol. The van der Waals surface area contributed by atoms with Crippen LogP contribution < -0.4 is 4.90 Å². The van der Waals surface area contributed by atoms with Crippen LogP contribution in [0.3, 0.4) is 0 Å². The molecule has 1 aromatic carbocycles. The van der Waals surface area contributed by atoms with E-state index in [1.165, 1.54) is 4.90 Å². The van der Waals surface area contributed by atoms with Gasteiger partial charge in [0.1, 0.15) is 0 Å². The van der Waals surface area contributed by atoms with Crippen LogP contribution >= 0.6 is 0 Å². The number of hydrogen-bond acceptors (Lipinski definition) is 3. The minimum atomic E-state index is -3.41. The lowest BCUT2D eigenvalue weighted by molar-refractivity contribution is -0.905. The van der Waals surface area contributed by atoms with Crippen molar-refractivity contribution in [3.63, 3.8) is 0 Å². The second kappa shape index (κ2) is 6.78. The summed E-state index contributed by atoms with van der Waals surface area (Å²) >= 11 is 0. The summed E-state index contributed by atoms with van der Waals surface area (Å²) in [6.45, 7) is 9.05. The Morgan fingerprint density at radius 1 is 1.32 bits per heavy atom. The van der Waals surface area contributed by atoms with E-state index in [0.29, 0.717) is 18.0 Å². The Balaban J connectivity index is 2.08. The van der Waals surface area contributed by atoms with Crippen molar-refractivity contribution in [3.05, 3.63) is 29.3 Å². The summed E-state index contributed by atoms with van der Waals surface area (Å²) in [6, 6.07) is 7.69. The molecule has 0 radical (unpaired) electrons. The lowest BCUT2D eigenvalue weighted by Crippen LogP contribution is -3.15. The van der Waals surface area contributed by atoms with Gasteiger partial charge >= 0.3 is 0 Å². The topological polar surface area (TPSA) is 65.6 Å². The van der Waals surface area contributed by atoms with Gasteiger partial charge in [0.05, 0.1) is 49.6 Å². The molecule has 0 aliphatic carbocycles. The van der Waals surface area contributed by atoms with Crippen LogP contribution in [0.25, 0.3) is 0 Å². The van der Waals surface area contributed by atoms with Gasteiger partial charge in [-0.3, -0.25) is 0 Å². The van der Waals surface area contributed by atoms with Gasteiger partial charge in [-0.05, 0) is 32.4 Å². The number of nitrogens with one attached hydrogen (secondary N) is 1. The van der Waals surface area contributed by atoms with Crippen molar-refractivity contribution in [2.24, 2.45) is 5.92 Å². The van der Waals surface area contributed by atoms with Crippen molar-refractivity contribution in [1.29, 1.82) is 5.26 Å². The Hall–Kier alpha value is -1.42. The van der Waals surface area contributed by atoms with Crippen molar-refractivity contribution >= 4 is 10.0 Å². The van der Waals surface area contributed by atoms with E-state index in [-0.39, 0.29) is 5.92 Å². The molecule has 0 unspecified atom stereocenters. The first kappa shape index (κ1) is 16.9. The van der Waals surface area contributed by atoms with E-state index in [4.69, 9.17) is 5.26 Å². The number of aryl methyl sites for hydroxylation is 2. The highest BCUT2D eigenvalue weighted by Gasteiger charge is 2.31. The quantitative estimate of drug-likeness (QED) is 0.870. The fourth-order valence-corrected chi connectivity index (χ4v) is 4.60. The first-order chi connectivity index (χ1) is 10.3. The summed E-state index contributed by atoms with van der Waals surface area (Å²) in [5.41, 5.74) is 1.86. The van der Waals surface area contributed by atoms with Crippen molar-refractivity contribution in [3.8, 4) is 6.07 Å². The predicted molar refractivity (Wildman–Crippen MR) is 85.0 cm³/mol. The van der Waals surface area contributed by atoms with Crippen LogP contribution in [0.2, 0.25) is 0 Å². The molecule has 1 atom stereocenters. The smallest absolute Gasteiger partial charge is 0.243 e. The van der Waals surface area contributed by atoms with Gasteiger partial charge in [-0.1, -0.05) is 17.7 Å². The number of sulfonamides is 1. The summed E-state index contributed by atoms with van der Waals surface area (Å²) < 4.78 is 27.1. The fourth-order valence-electron chi connectivity index (χ4n) is 2.95. The van der Waals surface area contributed by atoms with E-state index in [1.54, 1.807) is 10.4 Å². The van der Waals surface area contributed by atoms with E-state index < -0.39 is 10.0 Å². The minimum absolute atomic E-state index is 0.0116. The molecule has 0 bridgehead atoms. The molecule has 1 aliphatic rings. The molecule has 1 aromatic rings. The van der Waals surface area contributed by atoms with Crippen molar-refractivity contribution in [1.82, 2.24) is 4.31 Å². The third kappa shape index (κ3) is 3.67. The van der Waals surface area contributed by atoms with Crippen LogP contribution in [0.1, 0.15) is 18.1 Å². The van der Waals surface area contributed by atoms with E-state index in [9.17, 15) is 8.42 Å². The summed E-state index contributed by atoms with van der Waals surface area (Å²) in [7, 11) is -3.41. The number of piperazine rings is 1. The molecular formula is C16H24N3O2S+. The van der Waals surface area contributed by atoms with Gasteiger partial charge < -0.3 is 4.90 Å². The highest BCUT2D eigenvalue weighted by molar-refractivity contribution is 7.89. The average molecular weight is 322 g/mol. The van der Waals surface area contributed by atoms with Gasteiger partial charge in [-0.2, -0.15) is 9.57 Å². The Kier molecular flexibility index (Phi) is 5.22.